The third-order valence-electron chi connectivity index (χ3n) is 4.36. The van der Waals surface area contributed by atoms with Crippen LogP contribution >= 0.6 is 0 Å². The zero-order valence-corrected chi connectivity index (χ0v) is 12.4. The molecule has 0 bridgehead atoms. The molecule has 0 saturated heterocycles. The molecule has 0 unspecified atom stereocenters. The van der Waals surface area contributed by atoms with Gasteiger partial charge in [0.25, 0.3) is 0 Å². The second-order valence-corrected chi connectivity index (χ2v) is 5.69. The molecule has 5 rings (SSSR count). The van der Waals surface area contributed by atoms with Crippen molar-refractivity contribution in [1.29, 1.82) is 0 Å². The number of para-hydroxylation sites is 1. The minimum Gasteiger partial charge on any atom is -0.422 e. The molecule has 24 heavy (non-hydrogen) atoms. The molecular weight excluding hydrogens is 304 g/mol. The maximum absolute atomic E-state index is 12.7. The predicted molar refractivity (Wildman–Crippen MR) is 93.5 cm³/mol. The molecule has 0 N–H and O–H groups in total. The monoisotopic (exact) mass is 314 g/mol. The lowest BCUT2D eigenvalue weighted by molar-refractivity contribution is 0.559. The van der Waals surface area contributed by atoms with Crippen molar-refractivity contribution < 1.29 is 8.83 Å². The van der Waals surface area contributed by atoms with Crippen molar-refractivity contribution in [3.63, 3.8) is 0 Å². The fourth-order valence-corrected chi connectivity index (χ4v) is 3.30. The molecule has 0 atom stereocenters. The first-order chi connectivity index (χ1) is 11.7. The Hall–Kier alpha value is -3.40. The number of hydrogen-bond donors (Lipinski definition) is 0. The molecule has 0 aliphatic carbocycles. The van der Waals surface area contributed by atoms with Crippen LogP contribution < -0.4 is 11.3 Å². The molecule has 3 aromatic carbocycles. The Kier molecular flexibility index (Phi) is 2.48. The first-order valence-electron chi connectivity index (χ1n) is 7.54. The van der Waals surface area contributed by atoms with Crippen molar-refractivity contribution >= 4 is 43.5 Å². The summed E-state index contributed by atoms with van der Waals surface area (Å²) in [7, 11) is 0. The van der Waals surface area contributed by atoms with Crippen LogP contribution in [-0.2, 0) is 0 Å². The Morgan fingerprint density at radius 3 is 2.12 bits per heavy atom. The lowest BCUT2D eigenvalue weighted by Crippen LogP contribution is -2.09. The van der Waals surface area contributed by atoms with Crippen molar-refractivity contribution in [1.82, 2.24) is 0 Å². The number of rotatable bonds is 0. The van der Waals surface area contributed by atoms with Crippen LogP contribution in [0.1, 0.15) is 0 Å². The first-order valence-corrected chi connectivity index (χ1v) is 7.54. The Morgan fingerprint density at radius 1 is 0.583 bits per heavy atom. The fourth-order valence-electron chi connectivity index (χ4n) is 3.30. The summed E-state index contributed by atoms with van der Waals surface area (Å²) >= 11 is 0. The normalized spacial score (nSPS) is 11.7. The fraction of sp³-hybridized carbons (Fsp3) is 0. The SMILES string of the molecule is O=c1oc2c3ccccc3ccc2c2c(=O)oc3ccccc3c12. The molecule has 114 valence electrons. The molecule has 0 radical (unpaired) electrons. The van der Waals surface area contributed by atoms with E-state index in [9.17, 15) is 9.59 Å². The summed E-state index contributed by atoms with van der Waals surface area (Å²) in [6, 6.07) is 18.3. The van der Waals surface area contributed by atoms with Gasteiger partial charge in [-0.15, -0.1) is 0 Å². The minimum absolute atomic E-state index is 0.268. The van der Waals surface area contributed by atoms with Gasteiger partial charge >= 0.3 is 11.3 Å². The largest absolute Gasteiger partial charge is 0.422 e. The maximum Gasteiger partial charge on any atom is 0.345 e. The van der Waals surface area contributed by atoms with Crippen LogP contribution in [-0.4, -0.2) is 0 Å². The van der Waals surface area contributed by atoms with Crippen LogP contribution in [0.5, 0.6) is 0 Å². The first kappa shape index (κ1) is 13.1. The quantitative estimate of drug-likeness (QED) is 0.317. The smallest absolute Gasteiger partial charge is 0.345 e. The summed E-state index contributed by atoms with van der Waals surface area (Å²) in [5.41, 5.74) is -0.273. The third kappa shape index (κ3) is 1.62. The molecule has 4 nitrogen and oxygen atoms in total. The van der Waals surface area contributed by atoms with Gasteiger partial charge in [-0.1, -0.05) is 48.5 Å². The van der Waals surface area contributed by atoms with Crippen LogP contribution in [0.15, 0.2) is 79.1 Å². The van der Waals surface area contributed by atoms with Gasteiger partial charge in [-0.2, -0.15) is 0 Å². The number of fused-ring (bicyclic) bond motifs is 7. The molecule has 2 heterocycles. The topological polar surface area (TPSA) is 60.4 Å². The van der Waals surface area contributed by atoms with Gasteiger partial charge in [0.15, 0.2) is 0 Å². The number of hydrogen-bond acceptors (Lipinski definition) is 4. The van der Waals surface area contributed by atoms with E-state index in [1.807, 2.05) is 30.3 Å². The van der Waals surface area contributed by atoms with Crippen LogP contribution in [0.3, 0.4) is 0 Å². The summed E-state index contributed by atoms with van der Waals surface area (Å²) in [6.45, 7) is 0. The summed E-state index contributed by atoms with van der Waals surface area (Å²) in [4.78, 5) is 25.2. The molecule has 4 heteroatoms. The van der Waals surface area contributed by atoms with E-state index in [1.54, 1.807) is 30.3 Å². The third-order valence-corrected chi connectivity index (χ3v) is 4.36. The summed E-state index contributed by atoms with van der Waals surface area (Å²) in [5, 5.41) is 3.44. The predicted octanol–water partition coefficient (Wildman–Crippen LogP) is 4.21. The van der Waals surface area contributed by atoms with Gasteiger partial charge in [0.05, 0.1) is 10.8 Å². The van der Waals surface area contributed by atoms with Crippen LogP contribution in [0, 0.1) is 0 Å². The van der Waals surface area contributed by atoms with E-state index in [0.29, 0.717) is 21.9 Å². The van der Waals surface area contributed by atoms with Crippen LogP contribution in [0.25, 0.3) is 43.5 Å². The molecule has 2 aromatic heterocycles. The Bertz CT molecular complexity index is 1390. The van der Waals surface area contributed by atoms with Gasteiger partial charge in [0, 0.05) is 16.2 Å². The van der Waals surface area contributed by atoms with E-state index >= 15 is 0 Å². The van der Waals surface area contributed by atoms with E-state index in [1.165, 1.54) is 0 Å². The second kappa shape index (κ2) is 4.55. The molecule has 0 spiro atoms. The highest BCUT2D eigenvalue weighted by Gasteiger charge is 2.17. The summed E-state index contributed by atoms with van der Waals surface area (Å²) in [6.07, 6.45) is 0. The zero-order valence-electron chi connectivity index (χ0n) is 12.4. The number of benzene rings is 3. The van der Waals surface area contributed by atoms with Crippen LogP contribution in [0.2, 0.25) is 0 Å². The maximum atomic E-state index is 12.7. The van der Waals surface area contributed by atoms with Gasteiger partial charge in [0.2, 0.25) is 0 Å². The summed E-state index contributed by atoms with van der Waals surface area (Å²) < 4.78 is 11.0. The van der Waals surface area contributed by atoms with E-state index < -0.39 is 11.3 Å². The zero-order chi connectivity index (χ0) is 16.3. The van der Waals surface area contributed by atoms with Crippen LogP contribution in [0.4, 0.5) is 0 Å². The minimum atomic E-state index is -0.531. The van der Waals surface area contributed by atoms with Crippen molar-refractivity contribution in [3.05, 3.63) is 81.5 Å². The lowest BCUT2D eigenvalue weighted by Gasteiger charge is -2.06. The second-order valence-electron chi connectivity index (χ2n) is 5.69. The van der Waals surface area contributed by atoms with Gasteiger partial charge in [-0.3, -0.25) is 0 Å². The molecular formula is C20H10O4. The average Bonchev–Trinajstić information content (AvgIpc) is 2.61. The molecule has 0 amide bonds. The van der Waals surface area contributed by atoms with E-state index in [2.05, 4.69) is 0 Å². The van der Waals surface area contributed by atoms with Crippen molar-refractivity contribution in [2.24, 2.45) is 0 Å². The van der Waals surface area contributed by atoms with Crippen molar-refractivity contribution in [2.45, 2.75) is 0 Å². The van der Waals surface area contributed by atoms with Crippen molar-refractivity contribution in [2.75, 3.05) is 0 Å². The molecule has 0 aliphatic rings. The molecule has 0 fully saturated rings. The Balaban J connectivity index is 2.18. The molecule has 0 saturated carbocycles. The standard InChI is InChI=1S/C20H10O4/c21-19-17-14-10-9-11-5-1-2-6-12(11)18(14)24-20(22)16(17)13-7-3-4-8-15(13)23-19/h1-10H. The Morgan fingerprint density at radius 2 is 1.25 bits per heavy atom. The lowest BCUT2D eigenvalue weighted by atomic mass is 10.0. The summed E-state index contributed by atoms with van der Waals surface area (Å²) in [5.74, 6) is 0. The Labute approximate surface area is 134 Å². The molecule has 0 aliphatic heterocycles. The van der Waals surface area contributed by atoms with Gasteiger partial charge < -0.3 is 8.83 Å². The molecule has 5 aromatic rings. The highest BCUT2D eigenvalue weighted by molar-refractivity contribution is 6.17. The van der Waals surface area contributed by atoms with Gasteiger partial charge in [0.1, 0.15) is 11.2 Å². The van der Waals surface area contributed by atoms with E-state index in [0.717, 1.165) is 10.8 Å². The van der Waals surface area contributed by atoms with E-state index in [4.69, 9.17) is 8.83 Å². The highest BCUT2D eigenvalue weighted by atomic mass is 16.4. The van der Waals surface area contributed by atoms with Gasteiger partial charge in [-0.05, 0) is 17.5 Å². The average molecular weight is 314 g/mol. The van der Waals surface area contributed by atoms with Gasteiger partial charge in [-0.25, -0.2) is 9.59 Å². The highest BCUT2D eigenvalue weighted by Crippen LogP contribution is 2.30. The van der Waals surface area contributed by atoms with E-state index in [-0.39, 0.29) is 10.8 Å². The van der Waals surface area contributed by atoms with Crippen molar-refractivity contribution in [3.8, 4) is 0 Å².